The Bertz CT molecular complexity index is 1140. The van der Waals surface area contributed by atoms with E-state index in [1.54, 1.807) is 24.3 Å². The Balaban J connectivity index is 1.15. The first-order chi connectivity index (χ1) is 29.6. The van der Waals surface area contributed by atoms with Gasteiger partial charge in [0.25, 0.3) is 11.8 Å². The molecule has 1 aliphatic heterocycles. The van der Waals surface area contributed by atoms with Crippen molar-refractivity contribution >= 4 is 17.8 Å². The number of benzene rings is 1. The first kappa shape index (κ1) is 53.5. The molecule has 2 rings (SSSR count). The molecule has 0 spiro atoms. The molecule has 0 radical (unpaired) electrons. The van der Waals surface area contributed by atoms with Gasteiger partial charge in [0.15, 0.2) is 0 Å². The summed E-state index contributed by atoms with van der Waals surface area (Å²) < 4.78 is 65.6. The van der Waals surface area contributed by atoms with Crippen LogP contribution in [0.25, 0.3) is 0 Å². The van der Waals surface area contributed by atoms with Crippen LogP contribution in [0.4, 0.5) is 0 Å². The third kappa shape index (κ3) is 29.6. The van der Waals surface area contributed by atoms with Crippen LogP contribution in [-0.2, 0) is 61.6 Å². The number of carbonyl (C=O) groups is 3. The predicted octanol–water partition coefficient (Wildman–Crippen LogP) is 4.93. The second-order valence-electron chi connectivity index (χ2n) is 13.8. The van der Waals surface area contributed by atoms with Crippen LogP contribution in [0, 0.1) is 0 Å². The maximum Gasteiger partial charge on any atom is 0.305 e. The van der Waals surface area contributed by atoms with Gasteiger partial charge in [0.05, 0.1) is 163 Å². The van der Waals surface area contributed by atoms with Crippen LogP contribution in [0.3, 0.4) is 0 Å². The minimum atomic E-state index is -0.280. The number of hydrogen-bond donors (Lipinski definition) is 0. The van der Waals surface area contributed by atoms with E-state index in [2.05, 4.69) is 6.92 Å². The smallest absolute Gasteiger partial charge is 0.305 e. The van der Waals surface area contributed by atoms with Gasteiger partial charge in [-0.05, 0) is 18.6 Å². The molecule has 16 heteroatoms. The van der Waals surface area contributed by atoms with Crippen molar-refractivity contribution in [1.82, 2.24) is 4.90 Å². The topological polar surface area (TPSA) is 165 Å². The summed E-state index contributed by atoms with van der Waals surface area (Å²) in [4.78, 5) is 37.7. The van der Waals surface area contributed by atoms with Crippen LogP contribution < -0.4 is 0 Å². The molecule has 0 saturated heterocycles. The van der Waals surface area contributed by atoms with E-state index in [9.17, 15) is 14.4 Å². The monoisotopic (exact) mass is 858 g/mol. The average Bonchev–Trinajstić information content (AvgIpc) is 3.50. The molecule has 0 aromatic heterocycles. The summed E-state index contributed by atoms with van der Waals surface area (Å²) in [5, 5.41) is 0. The van der Waals surface area contributed by atoms with Gasteiger partial charge in [0.1, 0.15) is 6.61 Å². The molecule has 0 N–H and O–H groups in total. The molecule has 0 aliphatic carbocycles. The van der Waals surface area contributed by atoms with E-state index in [1.165, 1.54) is 49.8 Å². The standard InChI is InChI=1S/C44H75NO15/c1-2-3-4-5-6-7-8-9-10-15-42(46)60-39-38-59-37-36-58-35-34-57-33-32-56-31-30-55-29-28-54-27-26-53-25-24-52-23-22-51-21-20-50-19-18-49-17-16-45-43(47)40-13-11-12-14-41(40)44(45)48/h11-14H,2-10,15-39H2,1H3. The first-order valence-corrected chi connectivity index (χ1v) is 22.1. The molecule has 0 bridgehead atoms. The number of amides is 2. The maximum atomic E-state index is 12.3. The molecule has 0 unspecified atom stereocenters. The molecule has 60 heavy (non-hydrogen) atoms. The highest BCUT2D eigenvalue weighted by atomic mass is 16.6. The van der Waals surface area contributed by atoms with Crippen LogP contribution >= 0.6 is 0 Å². The zero-order valence-electron chi connectivity index (χ0n) is 36.4. The fourth-order valence-electron chi connectivity index (χ4n) is 5.77. The second kappa shape index (κ2) is 40.5. The molecular weight excluding hydrogens is 782 g/mol. The van der Waals surface area contributed by atoms with Gasteiger partial charge < -0.3 is 56.8 Å². The summed E-state index contributed by atoms with van der Waals surface area (Å²) in [5.74, 6) is -0.704. The third-order valence-electron chi connectivity index (χ3n) is 9.03. The van der Waals surface area contributed by atoms with E-state index >= 15 is 0 Å². The number of nitrogens with zero attached hydrogens (tertiary/aromatic N) is 1. The summed E-state index contributed by atoms with van der Waals surface area (Å²) in [6.45, 7) is 12.5. The highest BCUT2D eigenvalue weighted by molar-refractivity contribution is 6.21. The third-order valence-corrected chi connectivity index (χ3v) is 9.03. The summed E-state index contributed by atoms with van der Waals surface area (Å²) >= 11 is 0. The van der Waals surface area contributed by atoms with Crippen molar-refractivity contribution in [2.45, 2.75) is 71.1 Å². The van der Waals surface area contributed by atoms with Crippen molar-refractivity contribution in [3.05, 3.63) is 35.4 Å². The van der Waals surface area contributed by atoms with Gasteiger partial charge in [0, 0.05) is 6.42 Å². The van der Waals surface area contributed by atoms with Crippen LogP contribution in [-0.4, -0.2) is 181 Å². The SMILES string of the molecule is CCCCCCCCCCCC(=O)OCCOCCOCCOCCOCCOCCOCCOCCOCCOCCOCCOCCN1C(=O)c2ccccc2C1=O. The Kier molecular flexibility index (Phi) is 36.1. The zero-order chi connectivity index (χ0) is 42.8. The van der Waals surface area contributed by atoms with Crippen molar-refractivity contribution in [3.63, 3.8) is 0 Å². The lowest BCUT2D eigenvalue weighted by molar-refractivity contribution is -0.145. The van der Waals surface area contributed by atoms with Gasteiger partial charge in [0.2, 0.25) is 0 Å². The molecule has 1 aromatic rings. The zero-order valence-corrected chi connectivity index (χ0v) is 36.4. The van der Waals surface area contributed by atoms with Crippen molar-refractivity contribution in [2.75, 3.05) is 159 Å². The maximum absolute atomic E-state index is 12.3. The Morgan fingerprint density at radius 3 is 1.02 bits per heavy atom. The van der Waals surface area contributed by atoms with Crippen LogP contribution in [0.15, 0.2) is 24.3 Å². The highest BCUT2D eigenvalue weighted by Crippen LogP contribution is 2.22. The molecule has 1 aliphatic rings. The molecule has 0 fully saturated rings. The van der Waals surface area contributed by atoms with E-state index < -0.39 is 0 Å². The minimum Gasteiger partial charge on any atom is -0.463 e. The molecule has 346 valence electrons. The number of ether oxygens (including phenoxy) is 12. The van der Waals surface area contributed by atoms with Gasteiger partial charge in [-0.3, -0.25) is 19.3 Å². The molecule has 1 heterocycles. The lowest BCUT2D eigenvalue weighted by Crippen LogP contribution is -2.33. The number of unbranched alkanes of at least 4 members (excludes halogenated alkanes) is 8. The lowest BCUT2D eigenvalue weighted by Gasteiger charge is -2.13. The van der Waals surface area contributed by atoms with Crippen LogP contribution in [0.5, 0.6) is 0 Å². The number of imide groups is 1. The van der Waals surface area contributed by atoms with E-state index in [0.717, 1.165) is 12.8 Å². The molecular formula is C44H75NO15. The summed E-state index contributed by atoms with van der Waals surface area (Å²) in [7, 11) is 0. The number of esters is 1. The van der Waals surface area contributed by atoms with Gasteiger partial charge in [-0.2, -0.15) is 0 Å². The summed E-state index contributed by atoms with van der Waals surface area (Å²) in [6.07, 6.45) is 11.5. The minimum absolute atomic E-state index is 0.143. The number of rotatable bonds is 46. The van der Waals surface area contributed by atoms with Crippen molar-refractivity contribution in [1.29, 1.82) is 0 Å². The highest BCUT2D eigenvalue weighted by Gasteiger charge is 2.34. The van der Waals surface area contributed by atoms with Crippen LogP contribution in [0.2, 0.25) is 0 Å². The Morgan fingerprint density at radius 2 is 0.683 bits per heavy atom. The Hall–Kier alpha value is -2.61. The molecule has 16 nitrogen and oxygen atoms in total. The van der Waals surface area contributed by atoms with E-state index in [1.807, 2.05) is 0 Å². The van der Waals surface area contributed by atoms with Gasteiger partial charge in [-0.1, -0.05) is 70.4 Å². The fourth-order valence-corrected chi connectivity index (χ4v) is 5.77. The van der Waals surface area contributed by atoms with Crippen molar-refractivity contribution < 1.29 is 71.2 Å². The van der Waals surface area contributed by atoms with E-state index in [0.29, 0.717) is 156 Å². The number of hydrogen-bond acceptors (Lipinski definition) is 15. The largest absolute Gasteiger partial charge is 0.463 e. The van der Waals surface area contributed by atoms with Crippen LogP contribution in [0.1, 0.15) is 91.8 Å². The number of carbonyl (C=O) groups excluding carboxylic acids is 3. The lowest BCUT2D eigenvalue weighted by atomic mass is 10.1. The van der Waals surface area contributed by atoms with Crippen molar-refractivity contribution in [3.8, 4) is 0 Å². The first-order valence-electron chi connectivity index (χ1n) is 22.1. The van der Waals surface area contributed by atoms with E-state index in [-0.39, 0.29) is 37.5 Å². The summed E-state index contributed by atoms with van der Waals surface area (Å²) in [5.41, 5.74) is 0.878. The Labute approximate surface area is 358 Å². The molecule has 2 amide bonds. The second-order valence-corrected chi connectivity index (χ2v) is 13.8. The van der Waals surface area contributed by atoms with Crippen molar-refractivity contribution in [2.24, 2.45) is 0 Å². The number of fused-ring (bicyclic) bond motifs is 1. The van der Waals surface area contributed by atoms with Gasteiger partial charge in [-0.15, -0.1) is 0 Å². The van der Waals surface area contributed by atoms with Gasteiger partial charge in [-0.25, -0.2) is 0 Å². The summed E-state index contributed by atoms with van der Waals surface area (Å²) in [6, 6.07) is 6.82. The molecule has 0 saturated carbocycles. The predicted molar refractivity (Wildman–Crippen MR) is 224 cm³/mol. The van der Waals surface area contributed by atoms with Gasteiger partial charge >= 0.3 is 5.97 Å². The normalized spacial score (nSPS) is 12.5. The average molecular weight is 858 g/mol. The molecule has 0 atom stereocenters. The quantitative estimate of drug-likeness (QED) is 0.0492. The fraction of sp³-hybridized carbons (Fsp3) is 0.795. The molecule has 1 aromatic carbocycles. The Morgan fingerprint density at radius 1 is 0.400 bits per heavy atom. The van der Waals surface area contributed by atoms with E-state index in [4.69, 9.17) is 56.8 Å².